The second-order valence-corrected chi connectivity index (χ2v) is 4.33. The maximum absolute atomic E-state index is 11.7. The highest BCUT2D eigenvalue weighted by Crippen LogP contribution is 2.25. The Morgan fingerprint density at radius 3 is 2.26 bits per heavy atom. The lowest BCUT2D eigenvalue weighted by Gasteiger charge is -2.13. The Labute approximate surface area is 114 Å². The van der Waals surface area contributed by atoms with Crippen LogP contribution in [0, 0.1) is 0 Å². The van der Waals surface area contributed by atoms with Gasteiger partial charge in [0.15, 0.2) is 0 Å². The van der Waals surface area contributed by atoms with E-state index in [-0.39, 0.29) is 18.5 Å². The first-order valence-electron chi connectivity index (χ1n) is 6.35. The van der Waals surface area contributed by atoms with Crippen LogP contribution in [-0.2, 0) is 4.79 Å². The summed E-state index contributed by atoms with van der Waals surface area (Å²) in [5, 5.41) is 5.94. The Balaban J connectivity index is 2.59. The second kappa shape index (κ2) is 7.51. The third kappa shape index (κ3) is 5.07. The highest BCUT2D eigenvalue weighted by atomic mass is 16.5. The molecule has 0 radical (unpaired) electrons. The number of nitrogens with one attached hydrogen (secondary N) is 2. The Hall–Kier alpha value is -1.91. The molecular formula is C14H22N2O3. The monoisotopic (exact) mass is 266 g/mol. The summed E-state index contributed by atoms with van der Waals surface area (Å²) >= 11 is 0. The molecule has 0 aliphatic heterocycles. The highest BCUT2D eigenvalue weighted by Gasteiger charge is 2.06. The van der Waals surface area contributed by atoms with E-state index in [0.717, 1.165) is 12.1 Å². The van der Waals surface area contributed by atoms with Gasteiger partial charge in [-0.25, -0.2) is 0 Å². The van der Waals surface area contributed by atoms with Gasteiger partial charge in [-0.2, -0.15) is 0 Å². The maximum atomic E-state index is 11.7. The zero-order valence-corrected chi connectivity index (χ0v) is 11.9. The van der Waals surface area contributed by atoms with E-state index >= 15 is 0 Å². The fourth-order valence-electron chi connectivity index (χ4n) is 1.52. The summed E-state index contributed by atoms with van der Waals surface area (Å²) in [4.78, 5) is 11.7. The molecule has 0 aromatic heterocycles. The van der Waals surface area contributed by atoms with Crippen LogP contribution in [-0.4, -0.2) is 32.7 Å². The van der Waals surface area contributed by atoms with Crippen LogP contribution < -0.4 is 20.1 Å². The number of anilines is 1. The minimum absolute atomic E-state index is 0.0314. The quantitative estimate of drug-likeness (QED) is 0.793. The number of carbonyl (C=O) groups is 1. The van der Waals surface area contributed by atoms with Gasteiger partial charge in [0.25, 0.3) is 0 Å². The van der Waals surface area contributed by atoms with Crippen molar-refractivity contribution in [3.8, 4) is 11.5 Å². The molecule has 0 spiro atoms. The Kier molecular flexibility index (Phi) is 5.99. The number of ether oxygens (including phenoxy) is 2. The molecule has 1 aromatic carbocycles. The third-order valence-corrected chi connectivity index (χ3v) is 2.82. The molecule has 0 fully saturated rings. The minimum atomic E-state index is -0.0314. The summed E-state index contributed by atoms with van der Waals surface area (Å²) in [7, 11) is 3.18. The summed E-state index contributed by atoms with van der Waals surface area (Å²) < 4.78 is 10.3. The first-order valence-corrected chi connectivity index (χ1v) is 6.35. The summed E-state index contributed by atoms with van der Waals surface area (Å²) in [6.45, 7) is 4.23. The number of hydrogen-bond donors (Lipinski definition) is 2. The molecule has 2 N–H and O–H groups in total. The van der Waals surface area contributed by atoms with E-state index in [2.05, 4.69) is 10.6 Å². The van der Waals surface area contributed by atoms with Gasteiger partial charge in [-0.1, -0.05) is 6.92 Å². The van der Waals surface area contributed by atoms with Gasteiger partial charge in [0.05, 0.1) is 20.8 Å². The van der Waals surface area contributed by atoms with Crippen molar-refractivity contribution in [3.63, 3.8) is 0 Å². The van der Waals surface area contributed by atoms with Crippen molar-refractivity contribution in [2.45, 2.75) is 26.3 Å². The van der Waals surface area contributed by atoms with Crippen molar-refractivity contribution < 1.29 is 14.3 Å². The number of rotatable bonds is 7. The Morgan fingerprint density at radius 1 is 1.21 bits per heavy atom. The van der Waals surface area contributed by atoms with Crippen LogP contribution in [0.1, 0.15) is 20.3 Å². The molecule has 1 amide bonds. The van der Waals surface area contributed by atoms with E-state index in [1.54, 1.807) is 20.3 Å². The van der Waals surface area contributed by atoms with E-state index in [1.165, 1.54) is 0 Å². The zero-order chi connectivity index (χ0) is 14.3. The van der Waals surface area contributed by atoms with Crippen molar-refractivity contribution in [1.82, 2.24) is 5.32 Å². The minimum Gasteiger partial charge on any atom is -0.497 e. The van der Waals surface area contributed by atoms with E-state index in [9.17, 15) is 4.79 Å². The van der Waals surface area contributed by atoms with Gasteiger partial charge in [-0.3, -0.25) is 4.79 Å². The van der Waals surface area contributed by atoms with Gasteiger partial charge < -0.3 is 20.1 Å². The van der Waals surface area contributed by atoms with Crippen LogP contribution in [0.2, 0.25) is 0 Å². The normalized spacial score (nSPS) is 11.6. The molecule has 1 rings (SSSR count). The predicted molar refractivity (Wildman–Crippen MR) is 75.9 cm³/mol. The molecule has 19 heavy (non-hydrogen) atoms. The second-order valence-electron chi connectivity index (χ2n) is 4.33. The highest BCUT2D eigenvalue weighted by molar-refractivity contribution is 5.81. The van der Waals surface area contributed by atoms with Crippen molar-refractivity contribution in [2.24, 2.45) is 0 Å². The van der Waals surface area contributed by atoms with E-state index in [4.69, 9.17) is 9.47 Å². The van der Waals surface area contributed by atoms with Gasteiger partial charge >= 0.3 is 0 Å². The summed E-state index contributed by atoms with van der Waals surface area (Å²) in [5.41, 5.74) is 0.788. The van der Waals surface area contributed by atoms with Gasteiger partial charge in [0, 0.05) is 29.9 Å². The zero-order valence-electron chi connectivity index (χ0n) is 11.9. The van der Waals surface area contributed by atoms with E-state index < -0.39 is 0 Å². The smallest absolute Gasteiger partial charge is 0.239 e. The molecule has 0 aliphatic carbocycles. The van der Waals surface area contributed by atoms with Crippen molar-refractivity contribution in [1.29, 1.82) is 0 Å². The molecule has 106 valence electrons. The number of carbonyl (C=O) groups excluding carboxylic acids is 1. The number of amides is 1. The fourth-order valence-corrected chi connectivity index (χ4v) is 1.52. The van der Waals surface area contributed by atoms with Crippen LogP contribution >= 0.6 is 0 Å². The van der Waals surface area contributed by atoms with Gasteiger partial charge in [-0.15, -0.1) is 0 Å². The van der Waals surface area contributed by atoms with Gasteiger partial charge in [-0.05, 0) is 13.3 Å². The summed E-state index contributed by atoms with van der Waals surface area (Å²) in [6.07, 6.45) is 0.915. The van der Waals surface area contributed by atoms with Crippen molar-refractivity contribution in [3.05, 3.63) is 18.2 Å². The maximum Gasteiger partial charge on any atom is 0.239 e. The molecule has 0 aliphatic rings. The standard InChI is InChI=1S/C14H22N2O3/c1-5-10(2)16-14(17)9-15-11-6-12(18-3)8-13(7-11)19-4/h6-8,10,15H,5,9H2,1-4H3,(H,16,17). The van der Waals surface area contributed by atoms with Gasteiger partial charge in [0.1, 0.15) is 11.5 Å². The molecule has 1 atom stereocenters. The SMILES string of the molecule is CCC(C)NC(=O)CNc1cc(OC)cc(OC)c1. The molecular weight excluding hydrogens is 244 g/mol. The molecule has 0 saturated carbocycles. The number of hydrogen-bond acceptors (Lipinski definition) is 4. The molecule has 1 unspecified atom stereocenters. The molecule has 0 heterocycles. The summed E-state index contributed by atoms with van der Waals surface area (Å²) in [6, 6.07) is 5.61. The van der Waals surface area contributed by atoms with Crippen LogP contribution in [0.5, 0.6) is 11.5 Å². The largest absolute Gasteiger partial charge is 0.497 e. The van der Waals surface area contributed by atoms with Crippen LogP contribution in [0.25, 0.3) is 0 Å². The van der Waals surface area contributed by atoms with Crippen molar-refractivity contribution in [2.75, 3.05) is 26.1 Å². The number of methoxy groups -OCH3 is 2. The summed E-state index contributed by atoms with van der Waals surface area (Å²) in [5.74, 6) is 1.34. The van der Waals surface area contributed by atoms with Crippen LogP contribution in [0.3, 0.4) is 0 Å². The predicted octanol–water partition coefficient (Wildman–Crippen LogP) is 2.03. The van der Waals surface area contributed by atoms with Gasteiger partial charge in [0.2, 0.25) is 5.91 Å². The Morgan fingerprint density at radius 2 is 1.79 bits per heavy atom. The van der Waals surface area contributed by atoms with Crippen molar-refractivity contribution >= 4 is 11.6 Å². The van der Waals surface area contributed by atoms with Crippen LogP contribution in [0.15, 0.2) is 18.2 Å². The molecule has 0 bridgehead atoms. The third-order valence-electron chi connectivity index (χ3n) is 2.82. The molecule has 5 heteroatoms. The lowest BCUT2D eigenvalue weighted by atomic mass is 10.2. The van der Waals surface area contributed by atoms with E-state index in [1.807, 2.05) is 26.0 Å². The average molecular weight is 266 g/mol. The fraction of sp³-hybridized carbons (Fsp3) is 0.500. The lowest BCUT2D eigenvalue weighted by molar-refractivity contribution is -0.120. The first-order chi connectivity index (χ1) is 9.08. The molecule has 5 nitrogen and oxygen atoms in total. The lowest BCUT2D eigenvalue weighted by Crippen LogP contribution is -2.36. The molecule has 0 saturated heterocycles. The van der Waals surface area contributed by atoms with Crippen LogP contribution in [0.4, 0.5) is 5.69 Å². The first kappa shape index (κ1) is 15.1. The van der Waals surface area contributed by atoms with E-state index in [0.29, 0.717) is 11.5 Å². The topological polar surface area (TPSA) is 59.6 Å². The number of benzene rings is 1. The average Bonchev–Trinajstić information content (AvgIpc) is 2.44. The Bertz CT molecular complexity index is 399. The molecule has 1 aromatic rings.